The van der Waals surface area contributed by atoms with Gasteiger partial charge in [-0.1, -0.05) is 19.1 Å². The van der Waals surface area contributed by atoms with Gasteiger partial charge in [0.1, 0.15) is 17.0 Å². The summed E-state index contributed by atoms with van der Waals surface area (Å²) in [5.74, 6) is 0.189. The van der Waals surface area contributed by atoms with Gasteiger partial charge in [-0.05, 0) is 42.0 Å². The molecule has 0 saturated heterocycles. The lowest BCUT2D eigenvalue weighted by molar-refractivity contribution is -0.137. The van der Waals surface area contributed by atoms with E-state index in [9.17, 15) is 26.4 Å². The zero-order valence-electron chi connectivity index (χ0n) is 18.0. The first-order valence-electron chi connectivity index (χ1n) is 10.0. The van der Waals surface area contributed by atoms with Crippen molar-refractivity contribution in [2.24, 2.45) is 0 Å². The van der Waals surface area contributed by atoms with Crippen molar-refractivity contribution >= 4 is 20.7 Å². The van der Waals surface area contributed by atoms with E-state index in [1.807, 2.05) is 0 Å². The van der Waals surface area contributed by atoms with Crippen molar-refractivity contribution in [2.75, 3.05) is 12.9 Å². The maximum atomic E-state index is 13.1. The van der Waals surface area contributed by atoms with Crippen LogP contribution in [0.2, 0.25) is 0 Å². The van der Waals surface area contributed by atoms with Crippen molar-refractivity contribution in [3.8, 4) is 22.7 Å². The second-order valence-electron chi connectivity index (χ2n) is 7.33. The number of fused-ring (bicyclic) bond motifs is 1. The first-order valence-corrected chi connectivity index (χ1v) is 11.7. The lowest BCUT2D eigenvalue weighted by atomic mass is 10.1. The molecule has 11 heteroatoms. The van der Waals surface area contributed by atoms with Crippen molar-refractivity contribution in [1.29, 1.82) is 0 Å². The molecule has 4 rings (SSSR count). The van der Waals surface area contributed by atoms with Crippen LogP contribution in [0.5, 0.6) is 5.75 Å². The number of hydrogen-bond acceptors (Lipinski definition) is 6. The lowest BCUT2D eigenvalue weighted by Crippen LogP contribution is -2.23. The molecule has 176 valence electrons. The van der Waals surface area contributed by atoms with E-state index in [1.54, 1.807) is 24.3 Å². The van der Waals surface area contributed by atoms with Crippen LogP contribution in [0.25, 0.3) is 27.8 Å². The summed E-state index contributed by atoms with van der Waals surface area (Å²) in [6.45, 7) is 1.46. The number of rotatable bonds is 5. The van der Waals surface area contributed by atoms with Crippen molar-refractivity contribution in [3.05, 3.63) is 77.0 Å². The van der Waals surface area contributed by atoms with Gasteiger partial charge in [0.2, 0.25) is 0 Å². The summed E-state index contributed by atoms with van der Waals surface area (Å²) >= 11 is 0. The lowest BCUT2D eigenvalue weighted by Gasteiger charge is -2.14. The first-order chi connectivity index (χ1) is 16.0. The summed E-state index contributed by atoms with van der Waals surface area (Å²) in [4.78, 5) is 21.1. The van der Waals surface area contributed by atoms with E-state index < -0.39 is 27.1 Å². The van der Waals surface area contributed by atoms with Gasteiger partial charge < -0.3 is 4.74 Å². The van der Waals surface area contributed by atoms with Gasteiger partial charge in [0.05, 0.1) is 29.3 Å². The second kappa shape index (κ2) is 8.56. The van der Waals surface area contributed by atoms with Crippen molar-refractivity contribution < 1.29 is 26.3 Å². The standard InChI is InChI=1S/C23H18F3N3O4S/c1-3-34(31,32)20-10-15(14-4-7-17(33-2)8-5-14)12-27-21(20)29-13-28-19-11-16(23(24,25)26)6-9-18(19)22(29)30/h4-13H,3H2,1-2H3. The van der Waals surface area contributed by atoms with Crippen LogP contribution in [0.4, 0.5) is 13.2 Å². The molecule has 0 aliphatic heterocycles. The quantitative estimate of drug-likeness (QED) is 0.416. The van der Waals surface area contributed by atoms with Crippen LogP contribution in [0.1, 0.15) is 12.5 Å². The molecule has 0 amide bonds. The van der Waals surface area contributed by atoms with Crippen LogP contribution >= 0.6 is 0 Å². The Kier molecular flexibility index (Phi) is 5.90. The number of pyridine rings is 1. The fourth-order valence-corrected chi connectivity index (χ4v) is 4.44. The van der Waals surface area contributed by atoms with Gasteiger partial charge in [0.25, 0.3) is 5.56 Å². The molecule has 0 atom stereocenters. The Hall–Kier alpha value is -3.73. The summed E-state index contributed by atoms with van der Waals surface area (Å²) < 4.78 is 70.9. The van der Waals surface area contributed by atoms with Crippen LogP contribution < -0.4 is 10.3 Å². The van der Waals surface area contributed by atoms with Gasteiger partial charge in [0.15, 0.2) is 15.7 Å². The molecule has 4 aromatic rings. The molecule has 2 heterocycles. The molecule has 0 aliphatic carbocycles. The minimum atomic E-state index is -4.59. The number of halogens is 3. The minimum absolute atomic E-state index is 0.101. The molecule has 2 aromatic heterocycles. The molecule has 0 fully saturated rings. The van der Waals surface area contributed by atoms with Crippen LogP contribution in [-0.2, 0) is 16.0 Å². The van der Waals surface area contributed by atoms with E-state index in [4.69, 9.17) is 4.74 Å². The third-order valence-corrected chi connectivity index (χ3v) is 7.02. The Bertz CT molecular complexity index is 1550. The largest absolute Gasteiger partial charge is 0.497 e. The smallest absolute Gasteiger partial charge is 0.416 e. The second-order valence-corrected chi connectivity index (χ2v) is 9.57. The molecule has 0 bridgehead atoms. The maximum Gasteiger partial charge on any atom is 0.416 e. The molecule has 0 N–H and O–H groups in total. The zero-order valence-corrected chi connectivity index (χ0v) is 18.8. The molecule has 0 saturated carbocycles. The maximum absolute atomic E-state index is 13.1. The molecular formula is C23H18F3N3O4S. The Morgan fingerprint density at radius 2 is 1.71 bits per heavy atom. The highest BCUT2D eigenvalue weighted by Gasteiger charge is 2.31. The van der Waals surface area contributed by atoms with Crippen LogP contribution in [0.3, 0.4) is 0 Å². The topological polar surface area (TPSA) is 91.2 Å². The number of nitrogens with zero attached hydrogens (tertiary/aromatic N) is 3. The average Bonchev–Trinajstić information content (AvgIpc) is 2.83. The third kappa shape index (κ3) is 4.26. The summed E-state index contributed by atoms with van der Waals surface area (Å²) in [5, 5.41) is -0.101. The fraction of sp³-hybridized carbons (Fsp3) is 0.174. The molecule has 0 aliphatic rings. The Balaban J connectivity index is 1.91. The molecule has 7 nitrogen and oxygen atoms in total. The average molecular weight is 489 g/mol. The van der Waals surface area contributed by atoms with E-state index >= 15 is 0 Å². The first kappa shape index (κ1) is 23.4. The monoisotopic (exact) mass is 489 g/mol. The number of hydrogen-bond donors (Lipinski definition) is 0. The molecular weight excluding hydrogens is 471 g/mol. The highest BCUT2D eigenvalue weighted by molar-refractivity contribution is 7.91. The number of methoxy groups -OCH3 is 1. The third-order valence-electron chi connectivity index (χ3n) is 5.29. The zero-order chi connectivity index (χ0) is 24.7. The number of alkyl halides is 3. The van der Waals surface area contributed by atoms with Gasteiger partial charge in [0, 0.05) is 11.8 Å². The number of benzene rings is 2. The van der Waals surface area contributed by atoms with E-state index in [0.29, 0.717) is 16.9 Å². The molecule has 0 radical (unpaired) electrons. The molecule has 34 heavy (non-hydrogen) atoms. The van der Waals surface area contributed by atoms with E-state index in [0.717, 1.165) is 29.1 Å². The molecule has 2 aromatic carbocycles. The van der Waals surface area contributed by atoms with Crippen molar-refractivity contribution in [1.82, 2.24) is 14.5 Å². The van der Waals surface area contributed by atoms with E-state index in [-0.39, 0.29) is 27.4 Å². The van der Waals surface area contributed by atoms with E-state index in [1.165, 1.54) is 26.3 Å². The van der Waals surface area contributed by atoms with Gasteiger partial charge in [-0.2, -0.15) is 13.2 Å². The highest BCUT2D eigenvalue weighted by atomic mass is 32.2. The minimum Gasteiger partial charge on any atom is -0.497 e. The van der Waals surface area contributed by atoms with Gasteiger partial charge in [-0.25, -0.2) is 23.0 Å². The van der Waals surface area contributed by atoms with Crippen molar-refractivity contribution in [2.45, 2.75) is 18.0 Å². The summed E-state index contributed by atoms with van der Waals surface area (Å²) in [6.07, 6.45) is -2.20. The Morgan fingerprint density at radius 3 is 2.32 bits per heavy atom. The van der Waals surface area contributed by atoms with Crippen molar-refractivity contribution in [3.63, 3.8) is 0 Å². The normalized spacial score (nSPS) is 12.1. The number of ether oxygens (including phenoxy) is 1. The molecule has 0 spiro atoms. The van der Waals surface area contributed by atoms with Gasteiger partial charge in [-0.15, -0.1) is 0 Å². The fourth-order valence-electron chi connectivity index (χ4n) is 3.39. The summed E-state index contributed by atoms with van der Waals surface area (Å²) in [5.41, 5.74) is -0.672. The van der Waals surface area contributed by atoms with Crippen LogP contribution in [-0.4, -0.2) is 35.8 Å². The number of sulfone groups is 1. The Labute approximate surface area is 192 Å². The number of aromatic nitrogens is 3. The molecule has 0 unspecified atom stereocenters. The predicted octanol–water partition coefficient (Wildman–Crippen LogP) is 4.27. The summed E-state index contributed by atoms with van der Waals surface area (Å²) in [6, 6.07) is 10.9. The Morgan fingerprint density at radius 1 is 1.00 bits per heavy atom. The van der Waals surface area contributed by atoms with E-state index in [2.05, 4.69) is 9.97 Å². The predicted molar refractivity (Wildman–Crippen MR) is 120 cm³/mol. The highest BCUT2D eigenvalue weighted by Crippen LogP contribution is 2.31. The summed E-state index contributed by atoms with van der Waals surface area (Å²) in [7, 11) is -2.32. The van der Waals surface area contributed by atoms with Gasteiger partial charge in [-0.3, -0.25) is 4.79 Å². The SMILES string of the molecule is CCS(=O)(=O)c1cc(-c2ccc(OC)cc2)cnc1-n1cnc2cc(C(F)(F)F)ccc2c1=O. The van der Waals surface area contributed by atoms with Crippen LogP contribution in [0, 0.1) is 0 Å². The van der Waals surface area contributed by atoms with Gasteiger partial charge >= 0.3 is 6.18 Å². The van der Waals surface area contributed by atoms with Crippen LogP contribution in [0.15, 0.2) is 70.7 Å².